The molecule has 90 heavy (non-hydrogen) atoms. The third kappa shape index (κ3) is 17.1. The molecule has 9 aromatic carbocycles. The van der Waals surface area contributed by atoms with Crippen molar-refractivity contribution in [3.05, 3.63) is 293 Å². The molecular weight excluding hydrogens is 1210 g/mol. The Kier molecular flexibility index (Phi) is 25.0. The second kappa shape index (κ2) is 30.6. The van der Waals surface area contributed by atoms with E-state index in [1.807, 2.05) is 19.1 Å². The van der Waals surface area contributed by atoms with Gasteiger partial charge in [-0.1, -0.05) is 172 Å². The minimum atomic E-state index is -5.53. The molecule has 9 rings (SSSR count). The molecule has 0 aliphatic heterocycles. The fraction of sp³-hybridized carbons (Fsp3) is 0.214. The molecule has 0 radical (unpaired) electrons. The van der Waals surface area contributed by atoms with Crippen LogP contribution >= 0.6 is 0 Å². The summed E-state index contributed by atoms with van der Waals surface area (Å²) >= 11 is 0. The highest BCUT2D eigenvalue weighted by atomic mass is 19.4. The van der Waals surface area contributed by atoms with Gasteiger partial charge in [-0.2, -0.15) is 26.3 Å². The standard InChI is InChI=1S/C17H14F6.C14H6F8.C14H14.C9H10O2.C8H6F4.C8H10/c1-11-3-7-13(8-4-11)15(16(18,19)20,17(21,22)23)14-9-5-12(2)6-10-14;1-3-7(15)11(19)5(12(20)8(3)16)6-13(21)9(17)4(2)10(18)14(6)22;1-11-3-7-13(8-4-11)14-9-5-12(2)6-10-14;1-6-3-4-7(2)8(5-6)9(10)11;1-3-5(9)7(11)4(2)8(12)6(3)10;1-7-3-5-8(2)6-4-7/h3-10H,1-2H3;1-2H3;3-10H,1-2H3;3-5H,1-2H3,(H,10,11);1-2H3;3-6H,1-2H3. The summed E-state index contributed by atoms with van der Waals surface area (Å²) in [5, 5.41) is 8.69. The molecule has 2 nitrogen and oxygen atoms in total. The highest BCUT2D eigenvalue weighted by Gasteiger charge is 2.72. The molecule has 0 spiro atoms. The summed E-state index contributed by atoms with van der Waals surface area (Å²) in [5.41, 5.74) is -1.67. The molecule has 20 heteroatoms. The Morgan fingerprint density at radius 2 is 0.489 bits per heavy atom. The van der Waals surface area contributed by atoms with Crippen molar-refractivity contribution in [2.75, 3.05) is 0 Å². The normalized spacial score (nSPS) is 11.1. The quantitative estimate of drug-likeness (QED) is 0.138. The van der Waals surface area contributed by atoms with E-state index in [1.54, 1.807) is 26.8 Å². The zero-order valence-electron chi connectivity index (χ0n) is 50.4. The average Bonchev–Trinajstić information content (AvgIpc) is 0.728. The van der Waals surface area contributed by atoms with Gasteiger partial charge in [-0.3, -0.25) is 0 Å². The van der Waals surface area contributed by atoms with Crippen LogP contribution in [0.4, 0.5) is 79.0 Å². The summed E-state index contributed by atoms with van der Waals surface area (Å²) in [6, 6.07) is 39.7. The van der Waals surface area contributed by atoms with Crippen molar-refractivity contribution >= 4 is 5.97 Å². The van der Waals surface area contributed by atoms with Crippen molar-refractivity contribution in [1.82, 2.24) is 0 Å². The third-order valence-electron chi connectivity index (χ3n) is 14.0. The molecule has 0 amide bonds. The smallest absolute Gasteiger partial charge is 0.411 e. The molecule has 0 saturated carbocycles. The molecule has 0 unspecified atom stereocenters. The van der Waals surface area contributed by atoms with E-state index in [1.165, 1.54) is 57.6 Å². The second-order valence-corrected chi connectivity index (χ2v) is 21.0. The molecule has 0 saturated heterocycles. The van der Waals surface area contributed by atoms with E-state index in [-0.39, 0.29) is 0 Å². The molecule has 0 fully saturated rings. The summed E-state index contributed by atoms with van der Waals surface area (Å²) in [5.74, 6) is -22.5. The first kappa shape index (κ1) is 73.7. The fourth-order valence-electron chi connectivity index (χ4n) is 8.46. The Morgan fingerprint density at radius 3 is 0.700 bits per heavy atom. The van der Waals surface area contributed by atoms with E-state index in [4.69, 9.17) is 5.11 Å². The van der Waals surface area contributed by atoms with Crippen LogP contribution in [0.3, 0.4) is 0 Å². The molecule has 9 aromatic rings. The lowest BCUT2D eigenvalue weighted by atomic mass is 9.72. The first-order valence-electron chi connectivity index (χ1n) is 26.9. The minimum Gasteiger partial charge on any atom is -0.478 e. The molecular formula is C70H60F18O2. The molecule has 0 aliphatic rings. The van der Waals surface area contributed by atoms with Gasteiger partial charge in [0.1, 0.15) is 0 Å². The summed E-state index contributed by atoms with van der Waals surface area (Å²) in [6.45, 7) is 18.6. The number of carboxylic acid groups (broad SMARTS) is 1. The lowest BCUT2D eigenvalue weighted by Crippen LogP contribution is -2.54. The number of benzene rings is 9. The first-order valence-corrected chi connectivity index (χ1v) is 26.9. The van der Waals surface area contributed by atoms with Gasteiger partial charge >= 0.3 is 18.3 Å². The van der Waals surface area contributed by atoms with Crippen molar-refractivity contribution in [2.24, 2.45) is 0 Å². The Labute approximate surface area is 509 Å². The largest absolute Gasteiger partial charge is 0.478 e. The number of aromatic carboxylic acids is 1. The minimum absolute atomic E-state index is 0.394. The maximum Gasteiger partial charge on any atom is 0.411 e. The molecule has 0 atom stereocenters. The molecule has 0 aliphatic carbocycles. The van der Waals surface area contributed by atoms with Crippen molar-refractivity contribution in [3.8, 4) is 22.3 Å². The Hall–Kier alpha value is -8.81. The highest BCUT2D eigenvalue weighted by Crippen LogP contribution is 2.56. The first-order chi connectivity index (χ1) is 41.7. The molecule has 0 bridgehead atoms. The van der Waals surface area contributed by atoms with Gasteiger partial charge < -0.3 is 5.11 Å². The zero-order chi connectivity index (χ0) is 68.2. The van der Waals surface area contributed by atoms with E-state index in [2.05, 4.69) is 100 Å². The average molecular weight is 1280 g/mol. The maximum atomic E-state index is 13.8. The lowest BCUT2D eigenvalue weighted by Gasteiger charge is -2.38. The number of alkyl halides is 6. The number of rotatable bonds is 5. The summed E-state index contributed by atoms with van der Waals surface area (Å²) in [7, 11) is 0. The topological polar surface area (TPSA) is 37.3 Å². The van der Waals surface area contributed by atoms with Crippen LogP contribution in [-0.4, -0.2) is 23.4 Å². The summed E-state index contributed by atoms with van der Waals surface area (Å²) < 4.78 is 242. The van der Waals surface area contributed by atoms with Crippen LogP contribution in [-0.2, 0) is 5.41 Å². The SMILES string of the molecule is Cc1c(F)c(F)c(-c2c(F)c(F)c(C)c(F)c2F)c(F)c1F.Cc1c(F)c(F)c(C)c(F)c1F.Cc1ccc(-c2ccc(C)cc2)cc1.Cc1ccc(C(c2ccc(C)cc2)(C(F)(F)F)C(F)(F)F)cc1.Cc1ccc(C)c(C(=O)O)c1.Cc1ccc(C)cc1. The predicted molar refractivity (Wildman–Crippen MR) is 312 cm³/mol. The molecule has 0 aromatic heterocycles. The number of hydrogen-bond donors (Lipinski definition) is 1. The monoisotopic (exact) mass is 1270 g/mol. The van der Waals surface area contributed by atoms with Crippen LogP contribution in [0, 0.1) is 153 Å². The van der Waals surface area contributed by atoms with Crippen molar-refractivity contribution < 1.29 is 88.9 Å². The Morgan fingerprint density at radius 1 is 0.289 bits per heavy atom. The fourth-order valence-corrected chi connectivity index (χ4v) is 8.46. The van der Waals surface area contributed by atoms with Crippen LogP contribution in [0.5, 0.6) is 0 Å². The van der Waals surface area contributed by atoms with Crippen LogP contribution in [0.2, 0.25) is 0 Å². The number of carbonyl (C=O) groups is 1. The number of halogens is 18. The van der Waals surface area contributed by atoms with E-state index in [0.717, 1.165) is 49.2 Å². The van der Waals surface area contributed by atoms with Gasteiger partial charge in [-0.15, -0.1) is 0 Å². The summed E-state index contributed by atoms with van der Waals surface area (Å²) in [4.78, 5) is 10.6. The van der Waals surface area contributed by atoms with Crippen LogP contribution < -0.4 is 0 Å². The van der Waals surface area contributed by atoms with Crippen LogP contribution in [0.25, 0.3) is 22.3 Å². The predicted octanol–water partition coefficient (Wildman–Crippen LogP) is 21.9. The molecule has 478 valence electrons. The van der Waals surface area contributed by atoms with Crippen molar-refractivity contribution in [3.63, 3.8) is 0 Å². The Balaban J connectivity index is 0.000000239. The third-order valence-corrected chi connectivity index (χ3v) is 14.0. The number of aryl methyl sites for hydroxylation is 8. The summed E-state index contributed by atoms with van der Waals surface area (Å²) in [6.07, 6.45) is -11.1. The number of carboxylic acids is 1. The van der Waals surface area contributed by atoms with Gasteiger partial charge in [-0.05, 0) is 117 Å². The van der Waals surface area contributed by atoms with E-state index < -0.39 is 138 Å². The Bertz CT molecular complexity index is 3590. The highest BCUT2D eigenvalue weighted by molar-refractivity contribution is 5.89. The van der Waals surface area contributed by atoms with Crippen LogP contribution in [0.1, 0.15) is 88.2 Å². The molecule has 0 heterocycles. The van der Waals surface area contributed by atoms with Crippen molar-refractivity contribution in [1.29, 1.82) is 0 Å². The van der Waals surface area contributed by atoms with Gasteiger partial charge in [0.05, 0.1) is 16.7 Å². The second-order valence-electron chi connectivity index (χ2n) is 21.0. The van der Waals surface area contributed by atoms with E-state index in [9.17, 15) is 83.8 Å². The van der Waals surface area contributed by atoms with E-state index in [0.29, 0.717) is 30.5 Å². The number of hydrogen-bond acceptors (Lipinski definition) is 1. The van der Waals surface area contributed by atoms with E-state index >= 15 is 0 Å². The van der Waals surface area contributed by atoms with Gasteiger partial charge in [0.2, 0.25) is 5.41 Å². The zero-order valence-corrected chi connectivity index (χ0v) is 50.4. The van der Waals surface area contributed by atoms with Crippen LogP contribution in [0.15, 0.2) is 140 Å². The molecule has 1 N–H and O–H groups in total. The van der Waals surface area contributed by atoms with Gasteiger partial charge in [0, 0.05) is 22.3 Å². The maximum absolute atomic E-state index is 13.8. The van der Waals surface area contributed by atoms with Gasteiger partial charge in [0.25, 0.3) is 0 Å². The lowest BCUT2D eigenvalue weighted by molar-refractivity contribution is -0.288. The van der Waals surface area contributed by atoms with Gasteiger partial charge in [-0.25, -0.2) is 57.5 Å². The van der Waals surface area contributed by atoms with Gasteiger partial charge in [0.15, 0.2) is 69.8 Å². The van der Waals surface area contributed by atoms with Crippen molar-refractivity contribution in [2.45, 2.75) is 101 Å².